The number of nitrogens with zero attached hydrogens (tertiary/aromatic N) is 1. The van der Waals surface area contributed by atoms with Crippen LogP contribution in [0.2, 0.25) is 0 Å². The first-order valence-electron chi connectivity index (χ1n) is 8.18. The number of rotatable bonds is 5. The van der Waals surface area contributed by atoms with E-state index in [1.165, 1.54) is 24.3 Å². The second-order valence-electron chi connectivity index (χ2n) is 6.39. The van der Waals surface area contributed by atoms with Crippen molar-refractivity contribution in [3.05, 3.63) is 29.8 Å². The molecule has 0 atom stereocenters. The molecule has 150 valence electrons. The summed E-state index contributed by atoms with van der Waals surface area (Å²) in [6.07, 6.45) is -2.91. The highest BCUT2D eigenvalue weighted by Crippen LogP contribution is 2.20. The van der Waals surface area contributed by atoms with Gasteiger partial charge in [0.2, 0.25) is 10.0 Å². The Kier molecular flexibility index (Phi) is 6.34. The number of carbonyl (C=O) groups is 2. The molecule has 1 fully saturated rings. The fourth-order valence-electron chi connectivity index (χ4n) is 2.75. The Morgan fingerprint density at radius 1 is 1.15 bits per heavy atom. The zero-order valence-corrected chi connectivity index (χ0v) is 15.4. The molecule has 0 aliphatic carbocycles. The number of amides is 2. The Bertz CT molecular complexity index is 786. The van der Waals surface area contributed by atoms with Gasteiger partial charge in [0, 0.05) is 30.9 Å². The maximum Gasteiger partial charge on any atom is 0.471 e. The molecule has 1 aromatic carbocycles. The number of anilines is 1. The Hall–Kier alpha value is -2.30. The molecule has 0 bridgehead atoms. The van der Waals surface area contributed by atoms with Crippen molar-refractivity contribution >= 4 is 27.5 Å². The minimum Gasteiger partial charge on any atom is -0.348 e. The predicted octanol–water partition coefficient (Wildman–Crippen LogP) is 1.59. The number of benzene rings is 1. The van der Waals surface area contributed by atoms with Gasteiger partial charge >= 0.3 is 12.1 Å². The molecule has 1 aromatic rings. The smallest absolute Gasteiger partial charge is 0.348 e. The number of halogens is 3. The van der Waals surface area contributed by atoms with Crippen molar-refractivity contribution in [1.82, 2.24) is 10.2 Å². The van der Waals surface area contributed by atoms with E-state index in [4.69, 9.17) is 0 Å². The van der Waals surface area contributed by atoms with E-state index in [1.54, 1.807) is 4.90 Å². The highest BCUT2D eigenvalue weighted by molar-refractivity contribution is 7.92. The zero-order valence-electron chi connectivity index (χ0n) is 14.5. The lowest BCUT2D eigenvalue weighted by Gasteiger charge is -2.32. The molecule has 0 spiro atoms. The third-order valence-electron chi connectivity index (χ3n) is 4.15. The number of nitrogens with one attached hydrogen (secondary N) is 2. The van der Waals surface area contributed by atoms with Crippen molar-refractivity contribution in [2.75, 3.05) is 30.6 Å². The van der Waals surface area contributed by atoms with Crippen LogP contribution >= 0.6 is 0 Å². The monoisotopic (exact) mass is 407 g/mol. The first kappa shape index (κ1) is 21.0. The van der Waals surface area contributed by atoms with Gasteiger partial charge in [0.05, 0.1) is 6.26 Å². The van der Waals surface area contributed by atoms with Gasteiger partial charge in [0.1, 0.15) is 0 Å². The first-order valence-corrected chi connectivity index (χ1v) is 10.1. The molecule has 2 N–H and O–H groups in total. The number of carbonyl (C=O) groups excluding carboxylic acids is 2. The Morgan fingerprint density at radius 3 is 2.19 bits per heavy atom. The summed E-state index contributed by atoms with van der Waals surface area (Å²) in [7, 11) is -3.40. The fraction of sp³-hybridized carbons (Fsp3) is 0.500. The van der Waals surface area contributed by atoms with E-state index < -0.39 is 22.1 Å². The molecule has 0 saturated carbocycles. The summed E-state index contributed by atoms with van der Waals surface area (Å²) in [5.74, 6) is -2.32. The van der Waals surface area contributed by atoms with Gasteiger partial charge in [-0.3, -0.25) is 14.3 Å². The largest absolute Gasteiger partial charge is 0.471 e. The molecule has 0 radical (unpaired) electrons. The maximum atomic E-state index is 12.5. The van der Waals surface area contributed by atoms with Crippen LogP contribution < -0.4 is 10.0 Å². The number of hydrogen-bond acceptors (Lipinski definition) is 4. The van der Waals surface area contributed by atoms with Crippen LogP contribution in [0, 0.1) is 5.92 Å². The topological polar surface area (TPSA) is 95.6 Å². The van der Waals surface area contributed by atoms with E-state index in [-0.39, 0.29) is 18.4 Å². The summed E-state index contributed by atoms with van der Waals surface area (Å²) in [5, 5.41) is 1.87. The molecule has 2 rings (SSSR count). The van der Waals surface area contributed by atoms with Gasteiger partial charge in [-0.25, -0.2) is 8.42 Å². The number of hydrogen-bond donors (Lipinski definition) is 2. The van der Waals surface area contributed by atoms with Crippen LogP contribution in [0.5, 0.6) is 0 Å². The van der Waals surface area contributed by atoms with E-state index in [0.717, 1.165) is 6.26 Å². The summed E-state index contributed by atoms with van der Waals surface area (Å²) in [5.41, 5.74) is 0.728. The molecule has 1 saturated heterocycles. The van der Waals surface area contributed by atoms with Gasteiger partial charge in [-0.1, -0.05) is 0 Å². The van der Waals surface area contributed by atoms with Crippen molar-refractivity contribution in [1.29, 1.82) is 0 Å². The second-order valence-corrected chi connectivity index (χ2v) is 8.14. The molecule has 1 aliphatic rings. The first-order chi connectivity index (χ1) is 12.5. The van der Waals surface area contributed by atoms with Crippen LogP contribution in [0.15, 0.2) is 24.3 Å². The highest BCUT2D eigenvalue weighted by Gasteiger charge is 2.38. The molecular formula is C16H20F3N3O4S. The summed E-state index contributed by atoms with van der Waals surface area (Å²) >= 11 is 0. The number of alkyl halides is 3. The van der Waals surface area contributed by atoms with Crippen LogP contribution in [-0.2, 0) is 14.8 Å². The van der Waals surface area contributed by atoms with Crippen molar-refractivity contribution in [2.24, 2.45) is 5.92 Å². The van der Waals surface area contributed by atoms with Gasteiger partial charge in [0.25, 0.3) is 5.91 Å². The minimum absolute atomic E-state index is 0.0772. The molecule has 1 heterocycles. The number of piperidine rings is 1. The third-order valence-corrected chi connectivity index (χ3v) is 4.75. The summed E-state index contributed by atoms with van der Waals surface area (Å²) < 4.78 is 61.2. The standard InChI is InChI=1S/C16H20F3N3O4S/c1-27(25,26)21-13-4-2-12(3-5-13)14(23)22-8-6-11(7-9-22)10-20-15(24)16(17,18)19/h2-5,11,21H,6-10H2,1H3,(H,20,24). The normalized spacial score (nSPS) is 16.1. The fourth-order valence-corrected chi connectivity index (χ4v) is 3.32. The lowest BCUT2D eigenvalue weighted by Crippen LogP contribution is -2.44. The molecule has 11 heteroatoms. The van der Waals surface area contributed by atoms with Crippen LogP contribution in [0.3, 0.4) is 0 Å². The molecule has 2 amide bonds. The lowest BCUT2D eigenvalue weighted by atomic mass is 9.96. The summed E-state index contributed by atoms with van der Waals surface area (Å²) in [6.45, 7) is 0.662. The number of sulfonamides is 1. The van der Waals surface area contributed by atoms with Crippen molar-refractivity contribution in [3.63, 3.8) is 0 Å². The Labute approximate surface area is 155 Å². The summed E-state index contributed by atoms with van der Waals surface area (Å²) in [6, 6.07) is 5.97. The third kappa shape index (κ3) is 6.42. The predicted molar refractivity (Wildman–Crippen MR) is 92.6 cm³/mol. The Morgan fingerprint density at radius 2 is 1.70 bits per heavy atom. The molecular weight excluding hydrogens is 387 g/mol. The van der Waals surface area contributed by atoms with Gasteiger partial charge < -0.3 is 10.2 Å². The van der Waals surface area contributed by atoms with Crippen molar-refractivity contribution < 1.29 is 31.2 Å². The van der Waals surface area contributed by atoms with Gasteiger partial charge in [0.15, 0.2) is 0 Å². The minimum atomic E-state index is -4.89. The maximum absolute atomic E-state index is 12.5. The van der Waals surface area contributed by atoms with E-state index in [9.17, 15) is 31.2 Å². The average Bonchev–Trinajstić information content (AvgIpc) is 2.58. The van der Waals surface area contributed by atoms with Gasteiger partial charge in [-0.2, -0.15) is 13.2 Å². The van der Waals surface area contributed by atoms with E-state index in [1.807, 2.05) is 5.32 Å². The van der Waals surface area contributed by atoms with Crippen molar-refractivity contribution in [2.45, 2.75) is 19.0 Å². The van der Waals surface area contributed by atoms with Crippen LogP contribution in [0.1, 0.15) is 23.2 Å². The zero-order chi connectivity index (χ0) is 20.2. The number of likely N-dealkylation sites (tertiary alicyclic amines) is 1. The van der Waals surface area contributed by atoms with E-state index in [0.29, 0.717) is 37.2 Å². The SMILES string of the molecule is CS(=O)(=O)Nc1ccc(C(=O)N2CCC(CNC(=O)C(F)(F)F)CC2)cc1. The van der Waals surface area contributed by atoms with Gasteiger partial charge in [-0.15, -0.1) is 0 Å². The molecule has 7 nitrogen and oxygen atoms in total. The van der Waals surface area contributed by atoms with Crippen LogP contribution in [-0.4, -0.2) is 57.2 Å². The van der Waals surface area contributed by atoms with Crippen LogP contribution in [0.4, 0.5) is 18.9 Å². The second kappa shape index (κ2) is 8.15. The quantitative estimate of drug-likeness (QED) is 0.775. The summed E-state index contributed by atoms with van der Waals surface area (Å²) in [4.78, 5) is 24.9. The molecule has 1 aliphatic heterocycles. The van der Waals surface area contributed by atoms with Crippen LogP contribution in [0.25, 0.3) is 0 Å². The van der Waals surface area contributed by atoms with E-state index in [2.05, 4.69) is 4.72 Å². The molecule has 27 heavy (non-hydrogen) atoms. The molecule has 0 unspecified atom stereocenters. The van der Waals surface area contributed by atoms with Gasteiger partial charge in [-0.05, 0) is 43.0 Å². The highest BCUT2D eigenvalue weighted by atomic mass is 32.2. The lowest BCUT2D eigenvalue weighted by molar-refractivity contribution is -0.173. The average molecular weight is 407 g/mol. The van der Waals surface area contributed by atoms with Crippen molar-refractivity contribution in [3.8, 4) is 0 Å². The molecule has 0 aromatic heterocycles. The van der Waals surface area contributed by atoms with E-state index >= 15 is 0 Å². The Balaban J connectivity index is 1.85.